The Morgan fingerprint density at radius 3 is 2.44 bits per heavy atom. The van der Waals surface area contributed by atoms with E-state index in [0.29, 0.717) is 0 Å². The summed E-state index contributed by atoms with van der Waals surface area (Å²) in [5.41, 5.74) is 4.87. The van der Waals surface area contributed by atoms with Crippen LogP contribution in [0.4, 0.5) is 0 Å². The molecule has 9 heavy (non-hydrogen) atoms. The van der Waals surface area contributed by atoms with Gasteiger partial charge in [0.05, 0.1) is 5.70 Å². The lowest BCUT2D eigenvalue weighted by atomic mass is 10.4. The molecule has 0 radical (unpaired) electrons. The minimum Gasteiger partial charge on any atom is -0.395 e. The highest BCUT2D eigenvalue weighted by Gasteiger charge is 2.02. The van der Waals surface area contributed by atoms with Crippen LogP contribution in [0.2, 0.25) is 0 Å². The van der Waals surface area contributed by atoms with Crippen molar-refractivity contribution in [3.05, 3.63) is 12.3 Å². The number of nitrogens with one attached hydrogen (secondary N) is 1. The minimum atomic E-state index is -0.877. The molecule has 0 aromatic rings. The monoisotopic (exact) mass is 130 g/mol. The highest BCUT2D eigenvalue weighted by Crippen LogP contribution is 1.78. The van der Waals surface area contributed by atoms with E-state index < -0.39 is 12.1 Å². The van der Waals surface area contributed by atoms with Crippen molar-refractivity contribution in [3.63, 3.8) is 0 Å². The van der Waals surface area contributed by atoms with Gasteiger partial charge in [-0.15, -0.1) is 0 Å². The fourth-order valence-corrected chi connectivity index (χ4v) is 0.282. The summed E-state index contributed by atoms with van der Waals surface area (Å²) < 4.78 is 0. The highest BCUT2D eigenvalue weighted by molar-refractivity contribution is 5.91. The predicted molar refractivity (Wildman–Crippen MR) is 33.2 cm³/mol. The maximum Gasteiger partial charge on any atom is 0.268 e. The van der Waals surface area contributed by atoms with Gasteiger partial charge in [0.1, 0.15) is 6.23 Å². The molecule has 0 unspecified atom stereocenters. The van der Waals surface area contributed by atoms with Crippen LogP contribution in [0, 0.1) is 0 Å². The van der Waals surface area contributed by atoms with Crippen molar-refractivity contribution in [3.8, 4) is 0 Å². The number of carbonyl (C=O) groups is 1. The van der Waals surface area contributed by atoms with Gasteiger partial charge in [-0.3, -0.25) is 4.79 Å². The van der Waals surface area contributed by atoms with Crippen molar-refractivity contribution in [1.29, 1.82) is 0 Å². The predicted octanol–water partition coefficient (Wildman–Crippen LogP) is -1.09. The van der Waals surface area contributed by atoms with Crippen molar-refractivity contribution < 1.29 is 9.90 Å². The van der Waals surface area contributed by atoms with Crippen LogP contribution < -0.4 is 11.1 Å². The van der Waals surface area contributed by atoms with Gasteiger partial charge in [-0.25, -0.2) is 0 Å². The Labute approximate surface area is 53.4 Å². The molecule has 0 aromatic carbocycles. The first-order valence-corrected chi connectivity index (χ1v) is 2.47. The molecule has 0 heterocycles. The van der Waals surface area contributed by atoms with Gasteiger partial charge in [-0.2, -0.15) is 0 Å². The molecule has 0 aliphatic rings. The van der Waals surface area contributed by atoms with Gasteiger partial charge in [-0.05, 0) is 6.92 Å². The van der Waals surface area contributed by atoms with E-state index in [1.54, 1.807) is 0 Å². The van der Waals surface area contributed by atoms with Crippen molar-refractivity contribution >= 4 is 5.91 Å². The second-order valence-corrected chi connectivity index (χ2v) is 1.67. The van der Waals surface area contributed by atoms with E-state index >= 15 is 0 Å². The number of hydrogen-bond donors (Lipinski definition) is 3. The molecule has 4 nitrogen and oxygen atoms in total. The summed E-state index contributed by atoms with van der Waals surface area (Å²) >= 11 is 0. The normalized spacial score (nSPS) is 12.2. The Morgan fingerprint density at radius 2 is 2.33 bits per heavy atom. The third-order valence-electron chi connectivity index (χ3n) is 0.632. The first kappa shape index (κ1) is 7.97. The van der Waals surface area contributed by atoms with E-state index in [1.807, 2.05) is 0 Å². The summed E-state index contributed by atoms with van der Waals surface area (Å²) in [6.45, 7) is 4.58. The van der Waals surface area contributed by atoms with E-state index in [-0.39, 0.29) is 5.70 Å². The van der Waals surface area contributed by atoms with E-state index in [0.717, 1.165) is 0 Å². The van der Waals surface area contributed by atoms with Crippen LogP contribution in [0.5, 0.6) is 0 Å². The number of aliphatic hydroxyl groups is 1. The number of carbonyl (C=O) groups excluding carboxylic acids is 1. The smallest absolute Gasteiger partial charge is 0.268 e. The molecule has 4 heteroatoms. The lowest BCUT2D eigenvalue weighted by Crippen LogP contribution is -2.34. The average molecular weight is 130 g/mol. The van der Waals surface area contributed by atoms with Crippen LogP contribution >= 0.6 is 0 Å². The van der Waals surface area contributed by atoms with Gasteiger partial charge in [0.2, 0.25) is 0 Å². The fraction of sp³-hybridized carbons (Fsp3) is 0.400. The molecule has 1 amide bonds. The number of aliphatic hydroxyl groups excluding tert-OH is 1. The Bertz CT molecular complexity index is 131. The summed E-state index contributed by atoms with van der Waals surface area (Å²) in [4.78, 5) is 10.5. The standard InChI is InChI=1S/C5H10N2O2/c1-3(6)5(9)7-4(2)8/h4,8H,1,6H2,2H3,(H,7,9)/t4-/m0/s1. The molecule has 0 saturated heterocycles. The quantitative estimate of drug-likeness (QED) is 0.328. The minimum absolute atomic E-state index is 0.101. The Hall–Kier alpha value is -1.03. The fourth-order valence-electron chi connectivity index (χ4n) is 0.282. The molecule has 0 spiro atoms. The second kappa shape index (κ2) is 3.09. The molecule has 0 aromatic heterocycles. The number of nitrogens with two attached hydrogens (primary N) is 1. The summed E-state index contributed by atoms with van der Waals surface area (Å²) in [5.74, 6) is -0.537. The zero-order valence-electron chi connectivity index (χ0n) is 5.22. The Balaban J connectivity index is 3.65. The van der Waals surface area contributed by atoms with Gasteiger partial charge >= 0.3 is 0 Å². The molecule has 52 valence electrons. The maximum atomic E-state index is 10.5. The molecular weight excluding hydrogens is 120 g/mol. The van der Waals surface area contributed by atoms with Crippen LogP contribution in [0.25, 0.3) is 0 Å². The van der Waals surface area contributed by atoms with Crippen LogP contribution in [0.15, 0.2) is 12.3 Å². The maximum absolute atomic E-state index is 10.5. The van der Waals surface area contributed by atoms with E-state index in [4.69, 9.17) is 10.8 Å². The van der Waals surface area contributed by atoms with E-state index in [1.165, 1.54) is 6.92 Å². The largest absolute Gasteiger partial charge is 0.395 e. The molecule has 4 N–H and O–H groups in total. The van der Waals surface area contributed by atoms with Gasteiger partial charge in [0.15, 0.2) is 0 Å². The Kier molecular flexibility index (Phi) is 2.73. The second-order valence-electron chi connectivity index (χ2n) is 1.67. The third-order valence-corrected chi connectivity index (χ3v) is 0.632. The highest BCUT2D eigenvalue weighted by atomic mass is 16.3. The van der Waals surface area contributed by atoms with Crippen molar-refractivity contribution in [2.75, 3.05) is 0 Å². The number of amides is 1. The molecule has 0 aliphatic carbocycles. The number of rotatable bonds is 2. The molecule has 0 rings (SSSR count). The zero-order valence-corrected chi connectivity index (χ0v) is 5.22. The first-order chi connectivity index (χ1) is 4.04. The van der Waals surface area contributed by atoms with Crippen molar-refractivity contribution in [2.45, 2.75) is 13.2 Å². The van der Waals surface area contributed by atoms with Gasteiger partial charge in [-0.1, -0.05) is 6.58 Å². The SMILES string of the molecule is C=C(N)C(=O)N[C@H](C)O. The van der Waals surface area contributed by atoms with E-state index in [2.05, 4.69) is 11.9 Å². The first-order valence-electron chi connectivity index (χ1n) is 2.47. The Morgan fingerprint density at radius 1 is 1.89 bits per heavy atom. The molecule has 0 bridgehead atoms. The molecule has 1 atom stereocenters. The summed E-state index contributed by atoms with van der Waals surface area (Å²) in [6.07, 6.45) is -0.877. The van der Waals surface area contributed by atoms with Crippen molar-refractivity contribution in [1.82, 2.24) is 5.32 Å². The molecular formula is C5H10N2O2. The van der Waals surface area contributed by atoms with Crippen LogP contribution in [-0.2, 0) is 4.79 Å². The lowest BCUT2D eigenvalue weighted by molar-refractivity contribution is -0.120. The van der Waals surface area contributed by atoms with Gasteiger partial charge in [0, 0.05) is 0 Å². The summed E-state index contributed by atoms with van der Waals surface area (Å²) in [6, 6.07) is 0. The summed E-state index contributed by atoms with van der Waals surface area (Å²) in [5, 5.41) is 10.7. The summed E-state index contributed by atoms with van der Waals surface area (Å²) in [7, 11) is 0. The van der Waals surface area contributed by atoms with Crippen LogP contribution in [0.3, 0.4) is 0 Å². The van der Waals surface area contributed by atoms with Gasteiger partial charge < -0.3 is 16.2 Å². The van der Waals surface area contributed by atoms with Crippen LogP contribution in [0.1, 0.15) is 6.92 Å². The van der Waals surface area contributed by atoms with E-state index in [9.17, 15) is 4.79 Å². The topological polar surface area (TPSA) is 75.4 Å². The average Bonchev–Trinajstić information content (AvgIpc) is 1.63. The lowest BCUT2D eigenvalue weighted by Gasteiger charge is -2.05. The molecule has 0 aliphatic heterocycles. The molecule has 0 saturated carbocycles. The zero-order chi connectivity index (χ0) is 7.44. The van der Waals surface area contributed by atoms with Crippen LogP contribution in [-0.4, -0.2) is 17.2 Å². The van der Waals surface area contributed by atoms with Crippen molar-refractivity contribution in [2.24, 2.45) is 5.73 Å². The third kappa shape index (κ3) is 3.54. The number of hydrogen-bond acceptors (Lipinski definition) is 3. The van der Waals surface area contributed by atoms with Gasteiger partial charge in [0.25, 0.3) is 5.91 Å². The molecule has 0 fully saturated rings.